The zero-order valence-electron chi connectivity index (χ0n) is 11.0. The molecular weight excluding hydrogens is 277 g/mol. The van der Waals surface area contributed by atoms with Crippen LogP contribution in [-0.2, 0) is 11.2 Å². The zero-order valence-corrected chi connectivity index (χ0v) is 11.8. The van der Waals surface area contributed by atoms with Crippen LogP contribution in [0.2, 0.25) is 0 Å². The van der Waals surface area contributed by atoms with Gasteiger partial charge in [-0.25, -0.2) is 4.39 Å². The van der Waals surface area contributed by atoms with Crippen molar-refractivity contribution < 1.29 is 13.9 Å². The lowest BCUT2D eigenvalue weighted by Gasteiger charge is -2.07. The van der Waals surface area contributed by atoms with Crippen molar-refractivity contribution in [2.75, 3.05) is 13.2 Å². The Kier molecular flexibility index (Phi) is 5.55. The van der Waals surface area contributed by atoms with Gasteiger partial charge in [-0.2, -0.15) is 0 Å². The zero-order chi connectivity index (χ0) is 14.2. The number of benzene rings is 1. The first kappa shape index (κ1) is 14.5. The second kappa shape index (κ2) is 7.65. The van der Waals surface area contributed by atoms with Crippen LogP contribution in [0.25, 0.3) is 0 Å². The quantitative estimate of drug-likeness (QED) is 0.797. The summed E-state index contributed by atoms with van der Waals surface area (Å²) in [5.41, 5.74) is 0. The Balaban J connectivity index is 1.57. The van der Waals surface area contributed by atoms with Gasteiger partial charge in [0.15, 0.2) is 0 Å². The first-order valence-electron chi connectivity index (χ1n) is 6.41. The first-order valence-corrected chi connectivity index (χ1v) is 7.29. The average Bonchev–Trinajstić information content (AvgIpc) is 2.93. The van der Waals surface area contributed by atoms with Crippen LogP contribution < -0.4 is 10.1 Å². The van der Waals surface area contributed by atoms with E-state index in [-0.39, 0.29) is 11.7 Å². The number of halogens is 1. The number of carbonyl (C=O) groups excluding carboxylic acids is 1. The summed E-state index contributed by atoms with van der Waals surface area (Å²) in [4.78, 5) is 12.7. The summed E-state index contributed by atoms with van der Waals surface area (Å²) in [7, 11) is 0. The molecule has 0 aliphatic rings. The lowest BCUT2D eigenvalue weighted by atomic mass is 10.3. The molecule has 0 saturated carbocycles. The average molecular weight is 293 g/mol. The molecule has 106 valence electrons. The fourth-order valence-corrected chi connectivity index (χ4v) is 2.36. The van der Waals surface area contributed by atoms with Crippen LogP contribution in [0, 0.1) is 5.82 Å². The summed E-state index contributed by atoms with van der Waals surface area (Å²) < 4.78 is 18.1. The van der Waals surface area contributed by atoms with E-state index in [0.717, 1.165) is 4.88 Å². The number of hydrogen-bond donors (Lipinski definition) is 1. The van der Waals surface area contributed by atoms with Crippen molar-refractivity contribution in [3.63, 3.8) is 0 Å². The van der Waals surface area contributed by atoms with Crippen molar-refractivity contribution in [2.45, 2.75) is 12.8 Å². The predicted octanol–water partition coefficient (Wildman–Crippen LogP) is 3.02. The molecule has 0 aliphatic carbocycles. The van der Waals surface area contributed by atoms with Gasteiger partial charge in [0.1, 0.15) is 11.6 Å². The van der Waals surface area contributed by atoms with Gasteiger partial charge in [0.25, 0.3) is 0 Å². The third-order valence-corrected chi connectivity index (χ3v) is 3.52. The highest BCUT2D eigenvalue weighted by Crippen LogP contribution is 2.11. The van der Waals surface area contributed by atoms with Gasteiger partial charge in [-0.05, 0) is 42.1 Å². The monoisotopic (exact) mass is 293 g/mol. The highest BCUT2D eigenvalue weighted by Gasteiger charge is 2.03. The van der Waals surface area contributed by atoms with E-state index in [9.17, 15) is 9.18 Å². The van der Waals surface area contributed by atoms with Crippen LogP contribution in [-0.4, -0.2) is 19.1 Å². The lowest BCUT2D eigenvalue weighted by Crippen LogP contribution is -2.26. The minimum Gasteiger partial charge on any atom is -0.494 e. The van der Waals surface area contributed by atoms with E-state index < -0.39 is 0 Å². The van der Waals surface area contributed by atoms with Crippen molar-refractivity contribution in [2.24, 2.45) is 0 Å². The molecule has 0 radical (unpaired) electrons. The van der Waals surface area contributed by atoms with Crippen LogP contribution in [0.5, 0.6) is 5.75 Å². The molecule has 1 amide bonds. The molecule has 1 N–H and O–H groups in total. The molecule has 3 nitrogen and oxygen atoms in total. The molecule has 1 aromatic heterocycles. The SMILES string of the molecule is O=C(Cc1cccs1)NCCCOc1ccc(F)cc1. The Morgan fingerprint density at radius 1 is 1.25 bits per heavy atom. The van der Waals surface area contributed by atoms with Gasteiger partial charge >= 0.3 is 0 Å². The van der Waals surface area contributed by atoms with Crippen LogP contribution in [0.4, 0.5) is 4.39 Å². The van der Waals surface area contributed by atoms with Crippen LogP contribution >= 0.6 is 11.3 Å². The number of rotatable bonds is 7. The molecule has 5 heteroatoms. The van der Waals surface area contributed by atoms with Crippen molar-refractivity contribution >= 4 is 17.2 Å². The number of carbonyl (C=O) groups is 1. The molecule has 0 saturated heterocycles. The number of thiophene rings is 1. The van der Waals surface area contributed by atoms with E-state index in [4.69, 9.17) is 4.74 Å². The lowest BCUT2D eigenvalue weighted by molar-refractivity contribution is -0.120. The summed E-state index contributed by atoms with van der Waals surface area (Å²) in [6.45, 7) is 1.07. The van der Waals surface area contributed by atoms with Crippen molar-refractivity contribution in [3.05, 3.63) is 52.5 Å². The molecule has 1 heterocycles. The second-order valence-electron chi connectivity index (χ2n) is 4.26. The van der Waals surface area contributed by atoms with Gasteiger partial charge in [-0.3, -0.25) is 4.79 Å². The fraction of sp³-hybridized carbons (Fsp3) is 0.267. The van der Waals surface area contributed by atoms with Gasteiger partial charge in [0, 0.05) is 11.4 Å². The molecule has 20 heavy (non-hydrogen) atoms. The first-order chi connectivity index (χ1) is 9.74. The van der Waals surface area contributed by atoms with Crippen LogP contribution in [0.15, 0.2) is 41.8 Å². The molecule has 2 rings (SSSR count). The Morgan fingerprint density at radius 3 is 2.75 bits per heavy atom. The van der Waals surface area contributed by atoms with Crippen molar-refractivity contribution in [1.82, 2.24) is 5.32 Å². The van der Waals surface area contributed by atoms with E-state index in [0.29, 0.717) is 31.7 Å². The minimum atomic E-state index is -0.279. The normalized spacial score (nSPS) is 10.2. The smallest absolute Gasteiger partial charge is 0.225 e. The molecule has 2 aromatic rings. The third kappa shape index (κ3) is 5.01. The highest BCUT2D eigenvalue weighted by atomic mass is 32.1. The minimum absolute atomic E-state index is 0.0224. The number of ether oxygens (including phenoxy) is 1. The Hall–Kier alpha value is -1.88. The number of hydrogen-bond acceptors (Lipinski definition) is 3. The third-order valence-electron chi connectivity index (χ3n) is 2.64. The summed E-state index contributed by atoms with van der Waals surface area (Å²) in [6.07, 6.45) is 1.14. The largest absolute Gasteiger partial charge is 0.494 e. The molecule has 0 spiro atoms. The van der Waals surface area contributed by atoms with Crippen LogP contribution in [0.1, 0.15) is 11.3 Å². The molecular formula is C15H16FNO2S. The Labute approximate surface area is 121 Å². The maximum Gasteiger partial charge on any atom is 0.225 e. The van der Waals surface area contributed by atoms with E-state index in [1.165, 1.54) is 12.1 Å². The maximum atomic E-state index is 12.7. The van der Waals surface area contributed by atoms with Gasteiger partial charge in [-0.1, -0.05) is 6.07 Å². The predicted molar refractivity (Wildman–Crippen MR) is 77.5 cm³/mol. The van der Waals surface area contributed by atoms with Gasteiger partial charge in [0.05, 0.1) is 13.0 Å². The Bertz CT molecular complexity index is 525. The van der Waals surface area contributed by atoms with Gasteiger partial charge < -0.3 is 10.1 Å². The van der Waals surface area contributed by atoms with Crippen molar-refractivity contribution in [1.29, 1.82) is 0 Å². The highest BCUT2D eigenvalue weighted by molar-refractivity contribution is 7.10. The number of amides is 1. The van der Waals surface area contributed by atoms with Crippen LogP contribution in [0.3, 0.4) is 0 Å². The van der Waals surface area contributed by atoms with Gasteiger partial charge in [0.2, 0.25) is 5.91 Å². The summed E-state index contributed by atoms with van der Waals surface area (Å²) in [5, 5.41) is 4.80. The molecule has 0 aliphatic heterocycles. The Morgan fingerprint density at radius 2 is 2.05 bits per heavy atom. The summed E-state index contributed by atoms with van der Waals surface area (Å²) in [6, 6.07) is 9.78. The van der Waals surface area contributed by atoms with E-state index in [2.05, 4.69) is 5.32 Å². The van der Waals surface area contributed by atoms with Gasteiger partial charge in [-0.15, -0.1) is 11.3 Å². The molecule has 0 atom stereocenters. The van der Waals surface area contributed by atoms with E-state index in [1.54, 1.807) is 23.5 Å². The van der Waals surface area contributed by atoms with Crippen molar-refractivity contribution in [3.8, 4) is 5.75 Å². The summed E-state index contributed by atoms with van der Waals surface area (Å²) >= 11 is 1.58. The molecule has 0 bridgehead atoms. The number of nitrogens with one attached hydrogen (secondary N) is 1. The summed E-state index contributed by atoms with van der Waals surface area (Å²) in [5.74, 6) is 0.378. The topological polar surface area (TPSA) is 38.3 Å². The van der Waals surface area contributed by atoms with E-state index in [1.807, 2.05) is 17.5 Å². The second-order valence-corrected chi connectivity index (χ2v) is 5.29. The van der Waals surface area contributed by atoms with E-state index >= 15 is 0 Å². The maximum absolute atomic E-state index is 12.7. The molecule has 0 unspecified atom stereocenters. The molecule has 0 fully saturated rings. The molecule has 1 aromatic carbocycles. The fourth-order valence-electron chi connectivity index (χ4n) is 1.65. The standard InChI is InChI=1S/C15H16FNO2S/c16-12-4-6-13(7-5-12)19-9-2-8-17-15(18)11-14-3-1-10-20-14/h1,3-7,10H,2,8-9,11H2,(H,17,18).